The number of carbonyl (C=O) groups is 1. The smallest absolute Gasteiger partial charge is 0.300 e. The van der Waals surface area contributed by atoms with Gasteiger partial charge in [0.2, 0.25) is 0 Å². The van der Waals surface area contributed by atoms with Crippen LogP contribution in [0.1, 0.15) is 240 Å². The number of unbranched alkanes of at least 4 members (excludes halogenated alkanes) is 27. The average molecular weight is 596 g/mol. The fraction of sp³-hybridized carbons (Fsp3) is 0.974. The Balaban J connectivity index is 0. The molecule has 3 heteroatoms. The maximum absolute atomic E-state index is 9.00. The molecule has 0 fully saturated rings. The normalized spacial score (nSPS) is 11.5. The molecule has 254 valence electrons. The minimum Gasteiger partial charge on any atom is -0.481 e. The van der Waals surface area contributed by atoms with Gasteiger partial charge in [-0.1, -0.05) is 213 Å². The van der Waals surface area contributed by atoms with Gasteiger partial charge in [0.25, 0.3) is 5.97 Å². The topological polar surface area (TPSA) is 63.3 Å². The lowest BCUT2D eigenvalue weighted by Crippen LogP contribution is -2.39. The first-order valence-electron chi connectivity index (χ1n) is 19.4. The second-order valence-corrected chi connectivity index (χ2v) is 13.7. The van der Waals surface area contributed by atoms with E-state index in [9.17, 15) is 0 Å². The molecule has 0 spiro atoms. The molecule has 0 aromatic heterocycles. The predicted molar refractivity (Wildman–Crippen MR) is 190 cm³/mol. The zero-order valence-corrected chi connectivity index (χ0v) is 29.8. The van der Waals surface area contributed by atoms with Gasteiger partial charge in [0, 0.05) is 12.5 Å². The zero-order chi connectivity index (χ0) is 31.4. The van der Waals surface area contributed by atoms with Gasteiger partial charge in [-0.25, -0.2) is 0 Å². The van der Waals surface area contributed by atoms with Gasteiger partial charge in [-0.3, -0.25) is 4.79 Å². The van der Waals surface area contributed by atoms with E-state index in [4.69, 9.17) is 15.6 Å². The molecule has 0 aliphatic rings. The molecule has 0 atom stereocenters. The summed E-state index contributed by atoms with van der Waals surface area (Å²) in [5.74, 6) is -0.833. The third-order valence-corrected chi connectivity index (χ3v) is 9.08. The molecule has 3 N–H and O–H groups in total. The highest BCUT2D eigenvalue weighted by Crippen LogP contribution is 2.27. The highest BCUT2D eigenvalue weighted by atomic mass is 16.4. The Labute approximate surface area is 266 Å². The molecular weight excluding hydrogens is 514 g/mol. The Morgan fingerprint density at radius 3 is 0.714 bits per heavy atom. The van der Waals surface area contributed by atoms with Crippen molar-refractivity contribution in [3.63, 3.8) is 0 Å². The minimum absolute atomic E-state index is 0.125. The largest absolute Gasteiger partial charge is 0.481 e. The van der Waals surface area contributed by atoms with Crippen LogP contribution in [0.4, 0.5) is 0 Å². The average Bonchev–Trinajstić information content (AvgIpc) is 2.96. The molecule has 0 bridgehead atoms. The van der Waals surface area contributed by atoms with Crippen molar-refractivity contribution in [2.75, 3.05) is 0 Å². The molecule has 0 aromatic rings. The SMILES string of the molecule is CC(=O)O.CCCCCCCCCCCCC(N)(CCCCCCCCCCCC)CCCCCCCCCCCC. The molecular formula is C39H81NO2. The maximum atomic E-state index is 9.00. The van der Waals surface area contributed by atoms with Gasteiger partial charge in [0.15, 0.2) is 0 Å². The van der Waals surface area contributed by atoms with Crippen molar-refractivity contribution in [3.8, 4) is 0 Å². The Morgan fingerprint density at radius 2 is 0.548 bits per heavy atom. The number of aliphatic carboxylic acids is 1. The van der Waals surface area contributed by atoms with Crippen LogP contribution in [0.3, 0.4) is 0 Å². The van der Waals surface area contributed by atoms with Gasteiger partial charge in [-0.05, 0) is 19.3 Å². The van der Waals surface area contributed by atoms with Gasteiger partial charge >= 0.3 is 0 Å². The highest BCUT2D eigenvalue weighted by Gasteiger charge is 2.23. The quantitative estimate of drug-likeness (QED) is 0.0742. The maximum Gasteiger partial charge on any atom is 0.300 e. The summed E-state index contributed by atoms with van der Waals surface area (Å²) in [4.78, 5) is 9.00. The molecule has 0 aliphatic carbocycles. The van der Waals surface area contributed by atoms with E-state index in [1.165, 1.54) is 212 Å². The summed E-state index contributed by atoms with van der Waals surface area (Å²) in [6, 6.07) is 0. The van der Waals surface area contributed by atoms with Crippen LogP contribution < -0.4 is 5.73 Å². The van der Waals surface area contributed by atoms with Crippen LogP contribution in [-0.4, -0.2) is 16.6 Å². The molecule has 0 unspecified atom stereocenters. The number of rotatable bonds is 33. The van der Waals surface area contributed by atoms with E-state index < -0.39 is 5.97 Å². The van der Waals surface area contributed by atoms with Gasteiger partial charge in [0.05, 0.1) is 0 Å². The molecule has 0 rings (SSSR count). The fourth-order valence-corrected chi connectivity index (χ4v) is 6.27. The summed E-state index contributed by atoms with van der Waals surface area (Å²) in [6.07, 6.45) is 46.6. The van der Waals surface area contributed by atoms with Crippen LogP contribution in [0, 0.1) is 0 Å². The van der Waals surface area contributed by atoms with E-state index in [1.54, 1.807) is 0 Å². The van der Waals surface area contributed by atoms with Crippen molar-refractivity contribution in [2.24, 2.45) is 5.73 Å². The van der Waals surface area contributed by atoms with Crippen LogP contribution in [0.5, 0.6) is 0 Å². The monoisotopic (exact) mass is 596 g/mol. The highest BCUT2D eigenvalue weighted by molar-refractivity contribution is 5.62. The number of hydrogen-bond acceptors (Lipinski definition) is 2. The van der Waals surface area contributed by atoms with Gasteiger partial charge in [0.1, 0.15) is 0 Å². The van der Waals surface area contributed by atoms with Crippen LogP contribution in [0.15, 0.2) is 0 Å². The Morgan fingerprint density at radius 1 is 0.405 bits per heavy atom. The summed E-state index contributed by atoms with van der Waals surface area (Å²) in [5, 5.41) is 7.42. The molecule has 0 saturated carbocycles. The van der Waals surface area contributed by atoms with Gasteiger partial charge in [-0.2, -0.15) is 0 Å². The zero-order valence-electron chi connectivity index (χ0n) is 29.8. The predicted octanol–water partition coefficient (Wildman–Crippen LogP) is 13.7. The number of nitrogens with two attached hydrogens (primary N) is 1. The molecule has 0 aromatic carbocycles. The first kappa shape index (κ1) is 43.6. The lowest BCUT2D eigenvalue weighted by molar-refractivity contribution is -0.134. The summed E-state index contributed by atoms with van der Waals surface area (Å²) in [5.41, 5.74) is 7.25. The van der Waals surface area contributed by atoms with Gasteiger partial charge < -0.3 is 10.8 Å². The van der Waals surface area contributed by atoms with Crippen LogP contribution in [-0.2, 0) is 4.79 Å². The molecule has 0 heterocycles. The van der Waals surface area contributed by atoms with Crippen LogP contribution in [0.2, 0.25) is 0 Å². The number of hydrogen-bond donors (Lipinski definition) is 2. The van der Waals surface area contributed by atoms with Crippen molar-refractivity contribution >= 4 is 5.97 Å². The first-order chi connectivity index (χ1) is 20.4. The van der Waals surface area contributed by atoms with E-state index >= 15 is 0 Å². The van der Waals surface area contributed by atoms with Crippen molar-refractivity contribution in [2.45, 2.75) is 245 Å². The third-order valence-electron chi connectivity index (χ3n) is 9.08. The van der Waals surface area contributed by atoms with Crippen molar-refractivity contribution < 1.29 is 9.90 Å². The van der Waals surface area contributed by atoms with E-state index in [0.717, 1.165) is 6.92 Å². The van der Waals surface area contributed by atoms with E-state index in [-0.39, 0.29) is 5.54 Å². The lowest BCUT2D eigenvalue weighted by Gasteiger charge is -2.30. The second-order valence-electron chi connectivity index (χ2n) is 13.7. The van der Waals surface area contributed by atoms with Crippen molar-refractivity contribution in [3.05, 3.63) is 0 Å². The van der Waals surface area contributed by atoms with Crippen molar-refractivity contribution in [1.29, 1.82) is 0 Å². The summed E-state index contributed by atoms with van der Waals surface area (Å²) in [6.45, 7) is 8.01. The molecule has 0 amide bonds. The molecule has 42 heavy (non-hydrogen) atoms. The van der Waals surface area contributed by atoms with E-state index in [2.05, 4.69) is 20.8 Å². The Kier molecular flexibility index (Phi) is 38.0. The van der Waals surface area contributed by atoms with Gasteiger partial charge in [-0.15, -0.1) is 0 Å². The molecule has 3 nitrogen and oxygen atoms in total. The summed E-state index contributed by atoms with van der Waals surface area (Å²) in [7, 11) is 0. The summed E-state index contributed by atoms with van der Waals surface area (Å²) < 4.78 is 0. The third kappa shape index (κ3) is 39.4. The number of carboxylic acid groups (broad SMARTS) is 1. The summed E-state index contributed by atoms with van der Waals surface area (Å²) >= 11 is 0. The Bertz CT molecular complexity index is 443. The van der Waals surface area contributed by atoms with Crippen molar-refractivity contribution in [1.82, 2.24) is 0 Å². The first-order valence-corrected chi connectivity index (χ1v) is 19.4. The standard InChI is InChI=1S/C37H77N.C2H4O2/c1-4-7-10-13-16-19-22-25-28-31-34-37(38,35-32-29-26-23-20-17-14-11-8-5-2)36-33-30-27-24-21-18-15-12-9-6-3;1-2(3)4/h4-36,38H2,1-3H3;1H3,(H,3,4). The molecule has 0 aliphatic heterocycles. The second kappa shape index (κ2) is 36.6. The molecule has 0 saturated heterocycles. The fourth-order valence-electron chi connectivity index (χ4n) is 6.27. The van der Waals surface area contributed by atoms with Crippen LogP contribution >= 0.6 is 0 Å². The Hall–Kier alpha value is -0.570. The number of carboxylic acids is 1. The van der Waals surface area contributed by atoms with E-state index in [0.29, 0.717) is 0 Å². The molecule has 0 radical (unpaired) electrons. The van der Waals surface area contributed by atoms with Crippen LogP contribution in [0.25, 0.3) is 0 Å². The minimum atomic E-state index is -0.833. The van der Waals surface area contributed by atoms with E-state index in [1.807, 2.05) is 0 Å². The lowest BCUT2D eigenvalue weighted by atomic mass is 9.82.